The van der Waals surface area contributed by atoms with Crippen molar-refractivity contribution in [2.45, 2.75) is 57.9 Å². The highest BCUT2D eigenvalue weighted by Crippen LogP contribution is 2.34. The molecule has 0 spiro atoms. The Morgan fingerprint density at radius 3 is 2.56 bits per heavy atom. The van der Waals surface area contributed by atoms with Gasteiger partial charge in [-0.05, 0) is 49.1 Å². The predicted molar refractivity (Wildman–Crippen MR) is 74.1 cm³/mol. The standard InChI is InChI=1S/C14H27NS/c1-2-16-10-9-13(11-15-14-7-8-14)12-5-3-4-6-12/h12-15H,2-11H2,1H3. The van der Waals surface area contributed by atoms with E-state index >= 15 is 0 Å². The summed E-state index contributed by atoms with van der Waals surface area (Å²) in [7, 11) is 0. The second kappa shape index (κ2) is 6.90. The molecule has 2 heteroatoms. The first-order chi connectivity index (χ1) is 7.90. The summed E-state index contributed by atoms with van der Waals surface area (Å²) in [5, 5.41) is 3.75. The zero-order valence-corrected chi connectivity index (χ0v) is 11.5. The third kappa shape index (κ3) is 4.29. The van der Waals surface area contributed by atoms with E-state index in [9.17, 15) is 0 Å². The van der Waals surface area contributed by atoms with Gasteiger partial charge in [-0.1, -0.05) is 32.6 Å². The van der Waals surface area contributed by atoms with Crippen LogP contribution >= 0.6 is 11.8 Å². The zero-order chi connectivity index (χ0) is 11.2. The molecule has 0 heterocycles. The van der Waals surface area contributed by atoms with Crippen molar-refractivity contribution in [3.8, 4) is 0 Å². The average molecular weight is 241 g/mol. The van der Waals surface area contributed by atoms with E-state index in [1.165, 1.54) is 63.0 Å². The summed E-state index contributed by atoms with van der Waals surface area (Å²) < 4.78 is 0. The Balaban J connectivity index is 1.69. The van der Waals surface area contributed by atoms with Gasteiger partial charge >= 0.3 is 0 Å². The third-order valence-electron chi connectivity index (χ3n) is 4.15. The Bertz CT molecular complexity index is 185. The molecule has 0 amide bonds. The molecule has 2 fully saturated rings. The van der Waals surface area contributed by atoms with E-state index in [4.69, 9.17) is 0 Å². The Labute approximate surface area is 105 Å². The monoisotopic (exact) mass is 241 g/mol. The quantitative estimate of drug-likeness (QED) is 0.651. The molecule has 0 saturated heterocycles. The SMILES string of the molecule is CCSCCC(CNC1CC1)C1CCCC1. The van der Waals surface area contributed by atoms with E-state index in [2.05, 4.69) is 24.0 Å². The minimum atomic E-state index is 0.891. The zero-order valence-electron chi connectivity index (χ0n) is 10.7. The van der Waals surface area contributed by atoms with Crippen LogP contribution < -0.4 is 5.32 Å². The molecular weight excluding hydrogens is 214 g/mol. The first-order valence-electron chi connectivity index (χ1n) is 7.21. The minimum Gasteiger partial charge on any atom is -0.314 e. The summed E-state index contributed by atoms with van der Waals surface area (Å²) in [6.07, 6.45) is 10.3. The number of hydrogen-bond acceptors (Lipinski definition) is 2. The summed E-state index contributed by atoms with van der Waals surface area (Å²) in [6.45, 7) is 3.58. The molecule has 1 nitrogen and oxygen atoms in total. The normalized spacial score (nSPS) is 23.8. The van der Waals surface area contributed by atoms with Crippen LogP contribution in [0.15, 0.2) is 0 Å². The van der Waals surface area contributed by atoms with Gasteiger partial charge in [-0.25, -0.2) is 0 Å². The van der Waals surface area contributed by atoms with Gasteiger partial charge in [-0.15, -0.1) is 0 Å². The lowest BCUT2D eigenvalue weighted by molar-refractivity contribution is 0.315. The van der Waals surface area contributed by atoms with Gasteiger partial charge in [0.2, 0.25) is 0 Å². The maximum atomic E-state index is 3.75. The van der Waals surface area contributed by atoms with Crippen molar-refractivity contribution in [2.75, 3.05) is 18.1 Å². The summed E-state index contributed by atoms with van der Waals surface area (Å²) >= 11 is 2.12. The van der Waals surface area contributed by atoms with Crippen LogP contribution in [-0.2, 0) is 0 Å². The number of nitrogens with one attached hydrogen (secondary N) is 1. The highest BCUT2D eigenvalue weighted by atomic mass is 32.2. The Morgan fingerprint density at radius 1 is 1.19 bits per heavy atom. The Hall–Kier alpha value is 0.310. The van der Waals surface area contributed by atoms with Crippen LogP contribution in [0.5, 0.6) is 0 Å². The number of hydrogen-bond donors (Lipinski definition) is 1. The van der Waals surface area contributed by atoms with Gasteiger partial charge in [0.15, 0.2) is 0 Å². The van der Waals surface area contributed by atoms with Crippen molar-refractivity contribution in [3.63, 3.8) is 0 Å². The fraction of sp³-hybridized carbons (Fsp3) is 1.00. The second-order valence-electron chi connectivity index (χ2n) is 5.47. The van der Waals surface area contributed by atoms with E-state index in [1.54, 1.807) is 0 Å². The summed E-state index contributed by atoms with van der Waals surface area (Å²) in [5.41, 5.74) is 0. The van der Waals surface area contributed by atoms with E-state index in [0.717, 1.165) is 17.9 Å². The molecule has 1 atom stereocenters. The highest BCUT2D eigenvalue weighted by Gasteiger charge is 2.27. The van der Waals surface area contributed by atoms with Crippen molar-refractivity contribution in [3.05, 3.63) is 0 Å². The first-order valence-corrected chi connectivity index (χ1v) is 8.36. The lowest BCUT2D eigenvalue weighted by Crippen LogP contribution is -2.29. The first kappa shape index (κ1) is 12.8. The number of thioether (sulfide) groups is 1. The minimum absolute atomic E-state index is 0.891. The van der Waals surface area contributed by atoms with E-state index in [0.29, 0.717) is 0 Å². The molecule has 94 valence electrons. The van der Waals surface area contributed by atoms with Crippen LogP contribution in [0.25, 0.3) is 0 Å². The molecule has 2 aliphatic carbocycles. The maximum Gasteiger partial charge on any atom is 0.00683 e. The van der Waals surface area contributed by atoms with Crippen molar-refractivity contribution < 1.29 is 0 Å². The van der Waals surface area contributed by atoms with Gasteiger partial charge in [0.05, 0.1) is 0 Å². The summed E-state index contributed by atoms with van der Waals surface area (Å²) in [4.78, 5) is 0. The van der Waals surface area contributed by atoms with Crippen molar-refractivity contribution in [2.24, 2.45) is 11.8 Å². The van der Waals surface area contributed by atoms with Crippen molar-refractivity contribution in [1.82, 2.24) is 5.32 Å². The highest BCUT2D eigenvalue weighted by molar-refractivity contribution is 7.99. The fourth-order valence-corrected chi connectivity index (χ4v) is 3.68. The summed E-state index contributed by atoms with van der Waals surface area (Å²) in [6, 6.07) is 0.891. The van der Waals surface area contributed by atoms with Crippen LogP contribution in [0.1, 0.15) is 51.9 Å². The van der Waals surface area contributed by atoms with Crippen LogP contribution in [0.2, 0.25) is 0 Å². The average Bonchev–Trinajstić information content (AvgIpc) is 2.96. The lowest BCUT2D eigenvalue weighted by atomic mass is 9.88. The molecule has 0 aromatic rings. The Kier molecular flexibility index (Phi) is 5.51. The van der Waals surface area contributed by atoms with E-state index < -0.39 is 0 Å². The fourth-order valence-electron chi connectivity index (χ4n) is 2.92. The molecule has 1 unspecified atom stereocenters. The topological polar surface area (TPSA) is 12.0 Å². The van der Waals surface area contributed by atoms with Gasteiger partial charge < -0.3 is 5.32 Å². The number of rotatable bonds is 8. The lowest BCUT2D eigenvalue weighted by Gasteiger charge is -2.23. The molecule has 0 radical (unpaired) electrons. The van der Waals surface area contributed by atoms with Crippen LogP contribution in [0.4, 0.5) is 0 Å². The molecule has 1 N–H and O–H groups in total. The van der Waals surface area contributed by atoms with Crippen LogP contribution in [-0.4, -0.2) is 24.1 Å². The van der Waals surface area contributed by atoms with Crippen molar-refractivity contribution >= 4 is 11.8 Å². The smallest absolute Gasteiger partial charge is 0.00683 e. The van der Waals surface area contributed by atoms with Gasteiger partial charge in [-0.3, -0.25) is 0 Å². The molecule has 0 aromatic heterocycles. The second-order valence-corrected chi connectivity index (χ2v) is 6.87. The predicted octanol–water partition coefficient (Wildman–Crippen LogP) is 3.69. The molecule has 0 aliphatic heterocycles. The molecule has 2 saturated carbocycles. The third-order valence-corrected chi connectivity index (χ3v) is 5.08. The molecule has 16 heavy (non-hydrogen) atoms. The molecule has 2 aliphatic rings. The molecule has 2 rings (SSSR count). The summed E-state index contributed by atoms with van der Waals surface area (Å²) in [5.74, 6) is 4.68. The van der Waals surface area contributed by atoms with E-state index in [-0.39, 0.29) is 0 Å². The molecule has 0 aromatic carbocycles. The van der Waals surface area contributed by atoms with Crippen LogP contribution in [0, 0.1) is 11.8 Å². The van der Waals surface area contributed by atoms with Gasteiger partial charge in [-0.2, -0.15) is 11.8 Å². The largest absolute Gasteiger partial charge is 0.314 e. The molecule has 0 bridgehead atoms. The van der Waals surface area contributed by atoms with Crippen LogP contribution in [0.3, 0.4) is 0 Å². The Morgan fingerprint density at radius 2 is 1.94 bits per heavy atom. The van der Waals surface area contributed by atoms with Gasteiger partial charge in [0.25, 0.3) is 0 Å². The maximum absolute atomic E-state index is 3.75. The van der Waals surface area contributed by atoms with E-state index in [1.807, 2.05) is 0 Å². The van der Waals surface area contributed by atoms with Crippen molar-refractivity contribution in [1.29, 1.82) is 0 Å². The van der Waals surface area contributed by atoms with Gasteiger partial charge in [0, 0.05) is 6.04 Å². The van der Waals surface area contributed by atoms with Gasteiger partial charge in [0.1, 0.15) is 0 Å². The molecular formula is C14H27NS.